The van der Waals surface area contributed by atoms with Gasteiger partial charge in [-0.2, -0.15) is 5.10 Å². The molecular formula is C19H17N5O3. The van der Waals surface area contributed by atoms with E-state index in [9.17, 15) is 14.9 Å². The van der Waals surface area contributed by atoms with Crippen LogP contribution in [0.4, 0.5) is 5.69 Å². The van der Waals surface area contributed by atoms with Gasteiger partial charge in [-0.3, -0.25) is 14.9 Å². The van der Waals surface area contributed by atoms with Gasteiger partial charge in [0.15, 0.2) is 0 Å². The van der Waals surface area contributed by atoms with Crippen molar-refractivity contribution in [3.05, 3.63) is 82.4 Å². The molecule has 0 spiro atoms. The molecular weight excluding hydrogens is 346 g/mol. The number of benzene rings is 2. The molecule has 1 fully saturated rings. The molecule has 2 aromatic carbocycles. The van der Waals surface area contributed by atoms with Crippen LogP contribution in [0, 0.1) is 10.1 Å². The number of carbonyl (C=O) groups excluding carboxylic acids is 1. The van der Waals surface area contributed by atoms with E-state index >= 15 is 0 Å². The second-order valence-electron chi connectivity index (χ2n) is 6.56. The smallest absolute Gasteiger partial charge is 0.295 e. The van der Waals surface area contributed by atoms with Crippen LogP contribution >= 0.6 is 0 Å². The predicted octanol–water partition coefficient (Wildman–Crippen LogP) is 2.98. The Labute approximate surface area is 155 Å². The summed E-state index contributed by atoms with van der Waals surface area (Å²) >= 11 is 0. The van der Waals surface area contributed by atoms with Crippen LogP contribution in [0.5, 0.6) is 0 Å². The van der Waals surface area contributed by atoms with Crippen molar-refractivity contribution < 1.29 is 9.72 Å². The van der Waals surface area contributed by atoms with Gasteiger partial charge in [0.1, 0.15) is 18.3 Å². The SMILES string of the molecule is O=C(NC1(c2ccccc2)CCC1)c1ccc(-n2cncn2)c([N+](=O)[O-])c1. The molecule has 3 aromatic rings. The maximum absolute atomic E-state index is 12.8. The zero-order valence-electron chi connectivity index (χ0n) is 14.4. The summed E-state index contributed by atoms with van der Waals surface area (Å²) in [5.74, 6) is -0.327. The second-order valence-corrected chi connectivity index (χ2v) is 6.56. The van der Waals surface area contributed by atoms with Crippen LogP contribution in [0.3, 0.4) is 0 Å². The fraction of sp³-hybridized carbons (Fsp3) is 0.211. The quantitative estimate of drug-likeness (QED) is 0.554. The minimum Gasteiger partial charge on any atom is -0.343 e. The second kappa shape index (κ2) is 6.64. The number of nitro groups is 1. The molecule has 136 valence electrons. The number of carbonyl (C=O) groups is 1. The Morgan fingerprint density at radius 1 is 1.19 bits per heavy atom. The van der Waals surface area contributed by atoms with Crippen molar-refractivity contribution in [2.45, 2.75) is 24.8 Å². The van der Waals surface area contributed by atoms with E-state index in [-0.39, 0.29) is 22.8 Å². The summed E-state index contributed by atoms with van der Waals surface area (Å²) in [4.78, 5) is 27.6. The van der Waals surface area contributed by atoms with Gasteiger partial charge in [-0.25, -0.2) is 9.67 Å². The molecule has 0 bridgehead atoms. The highest BCUT2D eigenvalue weighted by molar-refractivity contribution is 5.96. The highest BCUT2D eigenvalue weighted by Gasteiger charge is 2.40. The fourth-order valence-electron chi connectivity index (χ4n) is 3.40. The van der Waals surface area contributed by atoms with Crippen molar-refractivity contribution in [1.29, 1.82) is 0 Å². The summed E-state index contributed by atoms with van der Waals surface area (Å²) in [5.41, 5.74) is 0.953. The van der Waals surface area contributed by atoms with Crippen LogP contribution < -0.4 is 5.32 Å². The van der Waals surface area contributed by atoms with Crippen molar-refractivity contribution in [1.82, 2.24) is 20.1 Å². The topological polar surface area (TPSA) is 103 Å². The van der Waals surface area contributed by atoms with E-state index in [0.717, 1.165) is 24.8 Å². The van der Waals surface area contributed by atoms with Crippen molar-refractivity contribution in [3.63, 3.8) is 0 Å². The third-order valence-electron chi connectivity index (χ3n) is 4.99. The van der Waals surface area contributed by atoms with Crippen molar-refractivity contribution in [2.24, 2.45) is 0 Å². The summed E-state index contributed by atoms with van der Waals surface area (Å²) in [6.45, 7) is 0. The summed E-state index contributed by atoms with van der Waals surface area (Å²) in [6, 6.07) is 14.2. The monoisotopic (exact) mass is 363 g/mol. The largest absolute Gasteiger partial charge is 0.343 e. The summed E-state index contributed by atoms with van der Waals surface area (Å²) in [6.07, 6.45) is 5.40. The molecule has 0 radical (unpaired) electrons. The highest BCUT2D eigenvalue weighted by Crippen LogP contribution is 2.41. The number of rotatable bonds is 5. The molecule has 8 nitrogen and oxygen atoms in total. The van der Waals surface area contributed by atoms with Crippen LogP contribution in [0.1, 0.15) is 35.2 Å². The van der Waals surface area contributed by atoms with Gasteiger partial charge in [-0.05, 0) is 37.0 Å². The van der Waals surface area contributed by atoms with E-state index in [1.54, 1.807) is 6.07 Å². The van der Waals surface area contributed by atoms with E-state index in [2.05, 4.69) is 15.4 Å². The molecule has 1 amide bonds. The van der Waals surface area contributed by atoms with E-state index < -0.39 is 10.5 Å². The first-order chi connectivity index (χ1) is 13.1. The van der Waals surface area contributed by atoms with Crippen LogP contribution in [0.15, 0.2) is 61.2 Å². The van der Waals surface area contributed by atoms with Gasteiger partial charge in [0.05, 0.1) is 10.5 Å². The fourth-order valence-corrected chi connectivity index (χ4v) is 3.40. The van der Waals surface area contributed by atoms with Gasteiger partial charge in [0.25, 0.3) is 11.6 Å². The average molecular weight is 363 g/mol. The molecule has 27 heavy (non-hydrogen) atoms. The standard InChI is InChI=1S/C19H17N5O3/c25-18(22-19(9-4-10-19)15-5-2-1-3-6-15)14-7-8-16(17(11-14)24(26)27)23-13-20-12-21-23/h1-3,5-8,11-13H,4,9-10H2,(H,22,25). The summed E-state index contributed by atoms with van der Waals surface area (Å²) < 4.78 is 1.30. The van der Waals surface area contributed by atoms with Crippen LogP contribution in [0.2, 0.25) is 0 Å². The van der Waals surface area contributed by atoms with Crippen molar-refractivity contribution >= 4 is 11.6 Å². The number of amides is 1. The summed E-state index contributed by atoms with van der Waals surface area (Å²) in [7, 11) is 0. The van der Waals surface area contributed by atoms with Gasteiger partial charge in [-0.1, -0.05) is 30.3 Å². The lowest BCUT2D eigenvalue weighted by atomic mass is 9.71. The minimum atomic E-state index is -0.524. The van der Waals surface area contributed by atoms with Crippen LogP contribution in [-0.4, -0.2) is 25.6 Å². The van der Waals surface area contributed by atoms with Crippen LogP contribution in [-0.2, 0) is 5.54 Å². The Bertz CT molecular complexity index is 982. The Kier molecular flexibility index (Phi) is 4.15. The first kappa shape index (κ1) is 16.9. The molecule has 1 heterocycles. The average Bonchev–Trinajstić information content (AvgIpc) is 3.19. The third-order valence-corrected chi connectivity index (χ3v) is 4.99. The lowest BCUT2D eigenvalue weighted by molar-refractivity contribution is -0.384. The molecule has 1 N–H and O–H groups in total. The zero-order chi connectivity index (χ0) is 18.9. The molecule has 0 unspecified atom stereocenters. The zero-order valence-corrected chi connectivity index (χ0v) is 14.4. The van der Waals surface area contributed by atoms with Crippen molar-refractivity contribution in [3.8, 4) is 5.69 Å². The van der Waals surface area contributed by atoms with Gasteiger partial charge in [-0.15, -0.1) is 0 Å². The van der Waals surface area contributed by atoms with Crippen molar-refractivity contribution in [2.75, 3.05) is 0 Å². The van der Waals surface area contributed by atoms with E-state index in [1.807, 2.05) is 30.3 Å². The van der Waals surface area contributed by atoms with E-state index in [0.29, 0.717) is 0 Å². The number of nitro benzene ring substituents is 1. The number of nitrogens with one attached hydrogen (secondary N) is 1. The molecule has 1 aliphatic carbocycles. The van der Waals surface area contributed by atoms with Crippen LogP contribution in [0.25, 0.3) is 5.69 Å². The number of hydrogen-bond acceptors (Lipinski definition) is 5. The Hall–Kier alpha value is -3.55. The Morgan fingerprint density at radius 2 is 1.96 bits per heavy atom. The molecule has 1 aliphatic rings. The minimum absolute atomic E-state index is 0.199. The first-order valence-corrected chi connectivity index (χ1v) is 8.61. The Morgan fingerprint density at radius 3 is 2.56 bits per heavy atom. The van der Waals surface area contributed by atoms with Gasteiger partial charge in [0.2, 0.25) is 0 Å². The number of aromatic nitrogens is 3. The lowest BCUT2D eigenvalue weighted by Crippen LogP contribution is -2.50. The number of hydrogen-bond donors (Lipinski definition) is 1. The third kappa shape index (κ3) is 3.05. The normalized spacial score (nSPS) is 15.0. The maximum Gasteiger partial charge on any atom is 0.295 e. The first-order valence-electron chi connectivity index (χ1n) is 8.61. The molecule has 0 saturated heterocycles. The molecule has 0 aliphatic heterocycles. The Balaban J connectivity index is 1.64. The maximum atomic E-state index is 12.8. The predicted molar refractivity (Wildman–Crippen MR) is 97.5 cm³/mol. The highest BCUT2D eigenvalue weighted by atomic mass is 16.6. The van der Waals surface area contributed by atoms with Gasteiger partial charge >= 0.3 is 0 Å². The molecule has 4 rings (SSSR count). The molecule has 8 heteroatoms. The van der Waals surface area contributed by atoms with E-state index in [4.69, 9.17) is 0 Å². The van der Waals surface area contributed by atoms with Gasteiger partial charge in [0, 0.05) is 11.6 Å². The molecule has 1 saturated carbocycles. The summed E-state index contributed by atoms with van der Waals surface area (Å²) in [5, 5.41) is 18.5. The molecule has 0 atom stereocenters. The number of nitrogens with zero attached hydrogens (tertiary/aromatic N) is 4. The van der Waals surface area contributed by atoms with Gasteiger partial charge < -0.3 is 5.32 Å². The molecule has 1 aromatic heterocycles. The van der Waals surface area contributed by atoms with E-state index in [1.165, 1.54) is 29.5 Å². The lowest BCUT2D eigenvalue weighted by Gasteiger charge is -2.43.